The van der Waals surface area contributed by atoms with Crippen LogP contribution in [0.1, 0.15) is 66.2 Å². The zero-order valence-corrected chi connectivity index (χ0v) is 13.3. The van der Waals surface area contributed by atoms with Crippen LogP contribution in [0.15, 0.2) is 0 Å². The molecular weight excluding hydrogens is 236 g/mol. The van der Waals surface area contributed by atoms with Gasteiger partial charge in [-0.15, -0.1) is 0 Å². The molecule has 1 saturated carbocycles. The second-order valence-electron chi connectivity index (χ2n) is 7.74. The molecule has 1 aliphatic heterocycles. The van der Waals surface area contributed by atoms with Crippen molar-refractivity contribution in [1.29, 1.82) is 0 Å². The highest BCUT2D eigenvalue weighted by atomic mass is 16.1. The summed E-state index contributed by atoms with van der Waals surface area (Å²) in [6.45, 7) is 9.22. The molecular formula is C16H30N2O. The van der Waals surface area contributed by atoms with E-state index in [1.54, 1.807) is 0 Å². The van der Waals surface area contributed by atoms with Crippen molar-refractivity contribution in [2.75, 3.05) is 7.05 Å². The molecule has 0 atom stereocenters. The van der Waals surface area contributed by atoms with E-state index in [-0.39, 0.29) is 11.1 Å². The molecule has 1 amide bonds. The Morgan fingerprint density at radius 3 is 1.89 bits per heavy atom. The summed E-state index contributed by atoms with van der Waals surface area (Å²) in [7, 11) is 2.22. The van der Waals surface area contributed by atoms with Gasteiger partial charge in [0.1, 0.15) is 0 Å². The molecule has 0 aromatic heterocycles. The largest absolute Gasteiger partial charge is 0.339 e. The van der Waals surface area contributed by atoms with Crippen LogP contribution in [0.4, 0.5) is 0 Å². The Labute approximate surface area is 118 Å². The van der Waals surface area contributed by atoms with Gasteiger partial charge in [0.25, 0.3) is 0 Å². The fraction of sp³-hybridized carbons (Fsp3) is 0.938. The van der Waals surface area contributed by atoms with Crippen molar-refractivity contribution in [3.8, 4) is 0 Å². The summed E-state index contributed by atoms with van der Waals surface area (Å²) in [5.74, 6) is 0. The zero-order chi connectivity index (χ0) is 14.3. The van der Waals surface area contributed by atoms with E-state index >= 15 is 0 Å². The second kappa shape index (κ2) is 5.08. The van der Waals surface area contributed by atoms with E-state index in [0.717, 1.165) is 19.3 Å². The minimum atomic E-state index is 0.159. The molecule has 0 unspecified atom stereocenters. The topological polar surface area (TPSA) is 23.6 Å². The second-order valence-corrected chi connectivity index (χ2v) is 7.74. The molecule has 1 heterocycles. The molecule has 3 nitrogen and oxygen atoms in total. The molecule has 2 rings (SSSR count). The van der Waals surface area contributed by atoms with Crippen molar-refractivity contribution in [3.63, 3.8) is 0 Å². The SMILES string of the molecule is CN1C(C)(C)CC(N(C=O)C2CCCC2)CC1(C)C. The highest BCUT2D eigenvalue weighted by molar-refractivity contribution is 5.49. The minimum Gasteiger partial charge on any atom is -0.339 e. The fourth-order valence-corrected chi connectivity index (χ4v) is 4.20. The number of amides is 1. The first-order valence-electron chi connectivity index (χ1n) is 7.74. The van der Waals surface area contributed by atoms with Gasteiger partial charge in [-0.2, -0.15) is 0 Å². The monoisotopic (exact) mass is 266 g/mol. The molecule has 0 spiro atoms. The summed E-state index contributed by atoms with van der Waals surface area (Å²) in [6, 6.07) is 0.902. The third kappa shape index (κ3) is 2.81. The van der Waals surface area contributed by atoms with Gasteiger partial charge in [-0.1, -0.05) is 12.8 Å². The smallest absolute Gasteiger partial charge is 0.210 e. The maximum absolute atomic E-state index is 11.6. The fourth-order valence-electron chi connectivity index (χ4n) is 4.20. The predicted molar refractivity (Wildman–Crippen MR) is 79.1 cm³/mol. The lowest BCUT2D eigenvalue weighted by molar-refractivity contribution is -0.128. The molecule has 1 aliphatic carbocycles. The Kier molecular flexibility index (Phi) is 3.97. The van der Waals surface area contributed by atoms with Gasteiger partial charge in [0.05, 0.1) is 0 Å². The Bertz CT molecular complexity index is 314. The summed E-state index contributed by atoms with van der Waals surface area (Å²) >= 11 is 0. The molecule has 1 saturated heterocycles. The quantitative estimate of drug-likeness (QED) is 0.733. The van der Waals surface area contributed by atoms with Crippen LogP contribution in [-0.2, 0) is 4.79 Å². The summed E-state index contributed by atoms with van der Waals surface area (Å²) in [5.41, 5.74) is 0.318. The van der Waals surface area contributed by atoms with E-state index in [2.05, 4.69) is 44.5 Å². The van der Waals surface area contributed by atoms with Gasteiger partial charge in [-0.3, -0.25) is 9.69 Å². The number of carbonyl (C=O) groups excluding carboxylic acids is 1. The van der Waals surface area contributed by atoms with Crippen LogP contribution in [0.5, 0.6) is 0 Å². The standard InChI is InChI=1S/C16H30N2O/c1-15(2)10-14(11-16(3,4)17(15)5)18(12-19)13-8-6-7-9-13/h12-14H,6-11H2,1-5H3. The van der Waals surface area contributed by atoms with Crippen molar-refractivity contribution >= 4 is 6.41 Å². The number of piperidine rings is 1. The Hall–Kier alpha value is -0.570. The molecule has 19 heavy (non-hydrogen) atoms. The number of hydrogen-bond acceptors (Lipinski definition) is 2. The van der Waals surface area contributed by atoms with E-state index < -0.39 is 0 Å². The minimum absolute atomic E-state index is 0.159. The molecule has 0 bridgehead atoms. The Balaban J connectivity index is 2.17. The number of carbonyl (C=O) groups is 1. The summed E-state index contributed by atoms with van der Waals surface area (Å²) in [4.78, 5) is 16.2. The highest BCUT2D eigenvalue weighted by Crippen LogP contribution is 2.40. The highest BCUT2D eigenvalue weighted by Gasteiger charge is 2.45. The predicted octanol–water partition coefficient (Wildman–Crippen LogP) is 3.04. The average Bonchev–Trinajstić information content (AvgIpc) is 2.80. The summed E-state index contributed by atoms with van der Waals surface area (Å²) < 4.78 is 0. The normalized spacial score (nSPS) is 28.5. The maximum atomic E-state index is 11.6. The molecule has 110 valence electrons. The van der Waals surface area contributed by atoms with Crippen LogP contribution in [0.25, 0.3) is 0 Å². The van der Waals surface area contributed by atoms with Gasteiger partial charge in [0.15, 0.2) is 0 Å². The third-order valence-electron chi connectivity index (χ3n) is 5.58. The molecule has 0 N–H and O–H groups in total. The number of nitrogens with zero attached hydrogens (tertiary/aromatic N) is 2. The van der Waals surface area contributed by atoms with Crippen LogP contribution in [-0.4, -0.2) is 46.4 Å². The average molecular weight is 266 g/mol. The first kappa shape index (κ1) is 14.8. The van der Waals surface area contributed by atoms with E-state index in [1.807, 2.05) is 0 Å². The van der Waals surface area contributed by atoms with E-state index in [9.17, 15) is 4.79 Å². The van der Waals surface area contributed by atoms with Gasteiger partial charge in [-0.25, -0.2) is 0 Å². The lowest BCUT2D eigenvalue weighted by atomic mass is 9.76. The van der Waals surface area contributed by atoms with Crippen molar-refractivity contribution in [1.82, 2.24) is 9.80 Å². The van der Waals surface area contributed by atoms with Crippen LogP contribution in [0, 0.1) is 0 Å². The maximum Gasteiger partial charge on any atom is 0.210 e. The van der Waals surface area contributed by atoms with Gasteiger partial charge in [-0.05, 0) is 60.4 Å². The molecule has 0 radical (unpaired) electrons. The van der Waals surface area contributed by atoms with Crippen molar-refractivity contribution in [3.05, 3.63) is 0 Å². The summed E-state index contributed by atoms with van der Waals surface area (Å²) in [5, 5.41) is 0. The van der Waals surface area contributed by atoms with Gasteiger partial charge in [0.2, 0.25) is 6.41 Å². The molecule has 0 aromatic rings. The molecule has 2 aliphatic rings. The summed E-state index contributed by atoms with van der Waals surface area (Å²) in [6.07, 6.45) is 8.27. The molecule has 2 fully saturated rings. The molecule has 3 heteroatoms. The number of rotatable bonds is 3. The Morgan fingerprint density at radius 2 is 1.47 bits per heavy atom. The van der Waals surface area contributed by atoms with Gasteiger partial charge < -0.3 is 4.90 Å². The van der Waals surface area contributed by atoms with E-state index in [4.69, 9.17) is 0 Å². The number of hydrogen-bond donors (Lipinski definition) is 0. The van der Waals surface area contributed by atoms with Crippen LogP contribution in [0.3, 0.4) is 0 Å². The van der Waals surface area contributed by atoms with Gasteiger partial charge in [0, 0.05) is 23.2 Å². The molecule has 0 aromatic carbocycles. The van der Waals surface area contributed by atoms with Crippen molar-refractivity contribution in [2.45, 2.75) is 89.4 Å². The van der Waals surface area contributed by atoms with Crippen molar-refractivity contribution < 1.29 is 4.79 Å². The van der Waals surface area contributed by atoms with Crippen molar-refractivity contribution in [2.24, 2.45) is 0 Å². The van der Waals surface area contributed by atoms with Gasteiger partial charge >= 0.3 is 0 Å². The Morgan fingerprint density at radius 1 is 1.00 bits per heavy atom. The van der Waals surface area contributed by atoms with E-state index in [0.29, 0.717) is 12.1 Å². The van der Waals surface area contributed by atoms with Crippen LogP contribution in [0.2, 0.25) is 0 Å². The first-order chi connectivity index (χ1) is 8.78. The third-order valence-corrected chi connectivity index (χ3v) is 5.58. The lowest BCUT2D eigenvalue weighted by Gasteiger charge is -2.55. The van der Waals surface area contributed by atoms with E-state index in [1.165, 1.54) is 25.7 Å². The van der Waals surface area contributed by atoms with Crippen LogP contribution >= 0.6 is 0 Å². The first-order valence-corrected chi connectivity index (χ1v) is 7.74. The number of likely N-dealkylation sites (tertiary alicyclic amines) is 1. The zero-order valence-electron chi connectivity index (χ0n) is 13.3. The van der Waals surface area contributed by atoms with Crippen LogP contribution < -0.4 is 0 Å². The lowest BCUT2D eigenvalue weighted by Crippen LogP contribution is -2.63.